The highest BCUT2D eigenvalue weighted by molar-refractivity contribution is 7.06. The summed E-state index contributed by atoms with van der Waals surface area (Å²) >= 11 is 0. The number of hydrogen-bond acceptors (Lipinski definition) is 0. The lowest BCUT2D eigenvalue weighted by Gasteiger charge is -2.38. The maximum atomic E-state index is 3.80. The summed E-state index contributed by atoms with van der Waals surface area (Å²) in [6, 6.07) is 13.6. The van der Waals surface area contributed by atoms with Crippen molar-refractivity contribution in [2.24, 2.45) is 0 Å². The third-order valence-corrected chi connectivity index (χ3v) is 14.2. The van der Waals surface area contributed by atoms with E-state index in [1.165, 1.54) is 24.1 Å². The van der Waals surface area contributed by atoms with Crippen LogP contribution in [-0.4, -0.2) is 16.1 Å². The zero-order valence-corrected chi connectivity index (χ0v) is 13.5. The molecule has 1 fully saturated rings. The predicted molar refractivity (Wildman–Crippen MR) is 81.5 cm³/mol. The minimum Gasteiger partial charge on any atom is -0.0644 e. The second-order valence-corrected chi connectivity index (χ2v) is 16.5. The van der Waals surface area contributed by atoms with Crippen LogP contribution in [0.4, 0.5) is 0 Å². The van der Waals surface area contributed by atoms with Crippen molar-refractivity contribution in [2.45, 2.75) is 44.7 Å². The maximum absolute atomic E-state index is 3.80. The van der Waals surface area contributed by atoms with E-state index in [1.807, 2.05) is 0 Å². The van der Waals surface area contributed by atoms with Gasteiger partial charge in [-0.05, 0) is 18.2 Å². The van der Waals surface area contributed by atoms with Gasteiger partial charge in [0.25, 0.3) is 0 Å². The van der Waals surface area contributed by atoms with E-state index in [9.17, 15) is 0 Å². The van der Waals surface area contributed by atoms with E-state index in [4.69, 9.17) is 0 Å². The van der Waals surface area contributed by atoms with Crippen molar-refractivity contribution in [2.75, 3.05) is 0 Å². The summed E-state index contributed by atoms with van der Waals surface area (Å²) in [7, 11) is -2.34. The van der Waals surface area contributed by atoms with Crippen molar-refractivity contribution >= 4 is 16.1 Å². The minimum atomic E-state index is -1.17. The molecule has 1 aliphatic rings. The van der Waals surface area contributed by atoms with Gasteiger partial charge in [0.1, 0.15) is 0 Å². The fraction of sp³-hybridized carbons (Fsp3) is 0.467. The summed E-state index contributed by atoms with van der Waals surface area (Å²) < 4.78 is 0. The molecule has 0 nitrogen and oxygen atoms in total. The Bertz CT molecular complexity index is 398. The Labute approximate surface area is 108 Å². The quantitative estimate of drug-likeness (QED) is 0.508. The van der Waals surface area contributed by atoms with Crippen LogP contribution >= 0.6 is 0 Å². The summed E-state index contributed by atoms with van der Waals surface area (Å²) in [5.74, 6) is 0. The Morgan fingerprint density at radius 3 is 1.94 bits per heavy atom. The molecule has 0 radical (unpaired) electrons. The molecule has 0 aromatic heterocycles. The van der Waals surface area contributed by atoms with Crippen LogP contribution in [0.2, 0.25) is 38.3 Å². The topological polar surface area (TPSA) is 0 Å². The first kappa shape index (κ1) is 12.8. The first-order valence-electron chi connectivity index (χ1n) is 6.62. The van der Waals surface area contributed by atoms with Crippen molar-refractivity contribution in [3.05, 3.63) is 46.8 Å². The largest absolute Gasteiger partial charge is 0.187 e. The molecule has 2 rings (SSSR count). The van der Waals surface area contributed by atoms with Crippen LogP contribution in [0.15, 0.2) is 35.2 Å². The lowest BCUT2D eigenvalue weighted by molar-refractivity contribution is 0.996. The summed E-state index contributed by atoms with van der Waals surface area (Å²) in [6.07, 6.45) is 5.26. The highest BCUT2D eigenvalue weighted by Gasteiger charge is 2.44. The van der Waals surface area contributed by atoms with Crippen molar-refractivity contribution in [1.29, 1.82) is 0 Å². The zero-order valence-electron chi connectivity index (χ0n) is 11.5. The molecule has 1 saturated heterocycles. The first-order chi connectivity index (χ1) is 7.92. The third kappa shape index (κ3) is 2.76. The van der Waals surface area contributed by atoms with E-state index in [1.54, 1.807) is 4.82 Å². The van der Waals surface area contributed by atoms with Gasteiger partial charge in [0.05, 0.1) is 28.3 Å². The lowest BCUT2D eigenvalue weighted by atomic mass is 10.2. The summed E-state index contributed by atoms with van der Waals surface area (Å²) in [4.78, 5) is 1.77. The van der Waals surface area contributed by atoms with Gasteiger partial charge in [-0.25, -0.2) is 0 Å². The summed E-state index contributed by atoms with van der Waals surface area (Å²) in [5, 5.41) is 0. The van der Waals surface area contributed by atoms with Crippen LogP contribution in [0.5, 0.6) is 0 Å². The molecule has 0 saturated carbocycles. The van der Waals surface area contributed by atoms with Gasteiger partial charge >= 0.3 is 0 Å². The van der Waals surface area contributed by atoms with Crippen LogP contribution in [0.3, 0.4) is 0 Å². The predicted octanol–water partition coefficient (Wildman–Crippen LogP) is 4.66. The highest BCUT2D eigenvalue weighted by Crippen LogP contribution is 2.39. The van der Waals surface area contributed by atoms with E-state index in [-0.39, 0.29) is 0 Å². The van der Waals surface area contributed by atoms with Crippen LogP contribution in [0.1, 0.15) is 12.0 Å². The molecule has 17 heavy (non-hydrogen) atoms. The van der Waals surface area contributed by atoms with Crippen LogP contribution in [-0.2, 0) is 0 Å². The van der Waals surface area contributed by atoms with Crippen LogP contribution in [0.25, 0.3) is 0 Å². The SMILES string of the molecule is C[Si]1(C)CCC[Si](C)(C)C1=[C+]c1ccccc1. The van der Waals surface area contributed by atoms with Crippen molar-refractivity contribution in [3.8, 4) is 0 Å². The van der Waals surface area contributed by atoms with Gasteiger partial charge < -0.3 is 0 Å². The lowest BCUT2D eigenvalue weighted by Crippen LogP contribution is -2.48. The molecule has 90 valence electrons. The fourth-order valence-electron chi connectivity index (χ4n) is 3.14. The second-order valence-electron chi connectivity index (χ2n) is 6.49. The summed E-state index contributed by atoms with van der Waals surface area (Å²) in [6.45, 7) is 10.1. The number of rotatable bonds is 1. The van der Waals surface area contributed by atoms with Gasteiger partial charge in [-0.2, -0.15) is 0 Å². The molecule has 1 heterocycles. The van der Waals surface area contributed by atoms with Crippen LogP contribution in [0, 0.1) is 6.08 Å². The van der Waals surface area contributed by atoms with Gasteiger partial charge in [-0.3, -0.25) is 0 Å². The standard InChI is InChI=1S/C15H23Si2/c1-16(2)11-8-12-17(3,4)15(16)13-14-9-6-5-7-10-14/h5-7,9-10H,8,11-12H2,1-4H3/q+1. The highest BCUT2D eigenvalue weighted by atomic mass is 28.4. The van der Waals surface area contributed by atoms with Crippen molar-refractivity contribution in [1.82, 2.24) is 0 Å². The molecule has 1 aliphatic heterocycles. The monoisotopic (exact) mass is 259 g/mol. The molecule has 0 aliphatic carbocycles. The third-order valence-electron chi connectivity index (χ3n) is 4.00. The Hall–Kier alpha value is -0.696. The molecule has 0 atom stereocenters. The van der Waals surface area contributed by atoms with E-state index in [0.29, 0.717) is 0 Å². The normalized spacial score (nSPS) is 22.0. The van der Waals surface area contributed by atoms with E-state index < -0.39 is 16.1 Å². The molecule has 1 aromatic carbocycles. The molecule has 0 bridgehead atoms. The second kappa shape index (κ2) is 4.53. The molecule has 0 amide bonds. The Morgan fingerprint density at radius 2 is 1.41 bits per heavy atom. The molecule has 0 spiro atoms. The van der Waals surface area contributed by atoms with Gasteiger partial charge in [-0.15, -0.1) is 0 Å². The summed E-state index contributed by atoms with van der Waals surface area (Å²) in [5.41, 5.74) is 1.28. The molecular weight excluding hydrogens is 236 g/mol. The number of benzene rings is 1. The Kier molecular flexibility index (Phi) is 3.39. The number of hydrogen-bond donors (Lipinski definition) is 0. The average molecular weight is 260 g/mol. The Morgan fingerprint density at radius 1 is 0.882 bits per heavy atom. The van der Waals surface area contributed by atoms with Crippen LogP contribution < -0.4 is 0 Å². The average Bonchev–Trinajstić information content (AvgIpc) is 2.25. The zero-order chi connectivity index (χ0) is 12.5. The molecule has 2 heteroatoms. The minimum absolute atomic E-state index is 1.17. The molecule has 0 unspecified atom stereocenters. The van der Waals surface area contributed by atoms with Gasteiger partial charge in [0.15, 0.2) is 5.56 Å². The first-order valence-corrected chi connectivity index (χ1v) is 13.0. The van der Waals surface area contributed by atoms with Gasteiger partial charge in [0, 0.05) is 10.9 Å². The van der Waals surface area contributed by atoms with Gasteiger partial charge in [-0.1, -0.05) is 44.7 Å². The Balaban J connectivity index is 2.42. The maximum Gasteiger partial charge on any atom is 0.187 e. The molecule has 0 N–H and O–H groups in total. The van der Waals surface area contributed by atoms with Crippen molar-refractivity contribution in [3.63, 3.8) is 0 Å². The fourth-order valence-corrected chi connectivity index (χ4v) is 15.2. The smallest absolute Gasteiger partial charge is 0.0644 e. The van der Waals surface area contributed by atoms with E-state index in [0.717, 1.165) is 0 Å². The van der Waals surface area contributed by atoms with Gasteiger partial charge in [0.2, 0.25) is 0 Å². The molecular formula is C15H23Si2+. The van der Waals surface area contributed by atoms with E-state index in [2.05, 4.69) is 62.6 Å². The van der Waals surface area contributed by atoms with E-state index >= 15 is 0 Å². The van der Waals surface area contributed by atoms with Crippen molar-refractivity contribution < 1.29 is 0 Å². The molecule has 1 aromatic rings.